The highest BCUT2D eigenvalue weighted by Crippen LogP contribution is 2.24. The average Bonchev–Trinajstić information content (AvgIpc) is 3.10. The van der Waals surface area contributed by atoms with Crippen LogP contribution in [0.25, 0.3) is 10.6 Å². The smallest absolute Gasteiger partial charge is 0.318 e. The van der Waals surface area contributed by atoms with Gasteiger partial charge in [0.1, 0.15) is 10.8 Å². The van der Waals surface area contributed by atoms with Crippen LogP contribution in [-0.4, -0.2) is 24.0 Å². The van der Waals surface area contributed by atoms with E-state index >= 15 is 0 Å². The molecule has 0 saturated heterocycles. The third kappa shape index (κ3) is 5.11. The maximum atomic E-state index is 13.3. The Labute approximate surface area is 159 Å². The molecule has 1 aromatic heterocycles. The molecule has 3 N–H and O–H groups in total. The van der Waals surface area contributed by atoms with Gasteiger partial charge in [-0.1, -0.05) is 18.2 Å². The molecule has 0 aliphatic heterocycles. The maximum absolute atomic E-state index is 13.3. The number of thiazole rings is 1. The Hall–Kier alpha value is -3.26. The summed E-state index contributed by atoms with van der Waals surface area (Å²) in [4.78, 5) is 28.0. The molecule has 1 heterocycles. The zero-order valence-corrected chi connectivity index (χ0v) is 15.3. The molecule has 0 bridgehead atoms. The first-order valence-electron chi connectivity index (χ1n) is 8.12. The van der Waals surface area contributed by atoms with Crippen molar-refractivity contribution >= 4 is 34.6 Å². The number of urea groups is 1. The molecule has 8 heteroatoms. The fourth-order valence-electron chi connectivity index (χ4n) is 2.38. The highest BCUT2D eigenvalue weighted by atomic mass is 32.1. The number of hydrogen-bond donors (Lipinski definition) is 3. The third-order valence-corrected chi connectivity index (χ3v) is 4.54. The molecule has 0 aliphatic carbocycles. The van der Waals surface area contributed by atoms with Crippen molar-refractivity contribution in [3.05, 3.63) is 65.4 Å². The topological polar surface area (TPSA) is 83.1 Å². The Bertz CT molecular complexity index is 974. The number of hydrogen-bond acceptors (Lipinski definition) is 4. The fraction of sp³-hybridized carbons (Fsp3) is 0.105. The molecule has 3 aromatic rings. The van der Waals surface area contributed by atoms with Gasteiger partial charge in [0, 0.05) is 29.4 Å². The van der Waals surface area contributed by atoms with Crippen molar-refractivity contribution in [3.63, 3.8) is 0 Å². The molecular weight excluding hydrogens is 367 g/mol. The van der Waals surface area contributed by atoms with Gasteiger partial charge in [0.05, 0.1) is 12.1 Å². The van der Waals surface area contributed by atoms with E-state index < -0.39 is 0 Å². The third-order valence-electron chi connectivity index (χ3n) is 3.60. The number of nitrogens with one attached hydrogen (secondary N) is 3. The number of amides is 3. The van der Waals surface area contributed by atoms with Gasteiger partial charge in [-0.2, -0.15) is 0 Å². The molecule has 138 valence electrons. The monoisotopic (exact) mass is 384 g/mol. The van der Waals surface area contributed by atoms with E-state index in [1.54, 1.807) is 41.8 Å². The number of anilines is 2. The average molecular weight is 384 g/mol. The predicted octanol–water partition coefficient (Wildman–Crippen LogP) is 3.88. The van der Waals surface area contributed by atoms with Crippen molar-refractivity contribution in [2.24, 2.45) is 0 Å². The molecule has 27 heavy (non-hydrogen) atoms. The number of carbonyl (C=O) groups excluding carboxylic acids is 2. The first-order valence-corrected chi connectivity index (χ1v) is 9.00. The normalized spacial score (nSPS) is 10.3. The molecule has 0 radical (unpaired) electrons. The molecule has 2 aromatic carbocycles. The molecule has 0 atom stereocenters. The van der Waals surface area contributed by atoms with Gasteiger partial charge < -0.3 is 16.0 Å². The van der Waals surface area contributed by atoms with Crippen molar-refractivity contribution < 1.29 is 14.0 Å². The van der Waals surface area contributed by atoms with Crippen LogP contribution < -0.4 is 16.0 Å². The van der Waals surface area contributed by atoms with Gasteiger partial charge in [-0.25, -0.2) is 14.2 Å². The summed E-state index contributed by atoms with van der Waals surface area (Å²) < 4.78 is 13.3. The molecule has 0 fully saturated rings. The largest absolute Gasteiger partial charge is 0.341 e. The van der Waals surface area contributed by atoms with E-state index in [4.69, 9.17) is 0 Å². The van der Waals surface area contributed by atoms with E-state index in [0.717, 1.165) is 0 Å². The van der Waals surface area contributed by atoms with Crippen LogP contribution in [-0.2, 0) is 11.2 Å². The summed E-state index contributed by atoms with van der Waals surface area (Å²) in [5, 5.41) is 10.3. The fourth-order valence-corrected chi connectivity index (χ4v) is 3.20. The number of benzene rings is 2. The zero-order valence-electron chi connectivity index (χ0n) is 14.5. The molecular formula is C19H17FN4O2S. The minimum atomic E-state index is -0.342. The van der Waals surface area contributed by atoms with Gasteiger partial charge in [-0.15, -0.1) is 11.3 Å². The van der Waals surface area contributed by atoms with Crippen LogP contribution in [0.2, 0.25) is 0 Å². The SMILES string of the molecule is CNC(=O)Nc1cccc(NC(=O)Cc2csc(-c3cccc(F)c3)n2)c1. The van der Waals surface area contributed by atoms with Crippen LogP contribution in [0.5, 0.6) is 0 Å². The van der Waals surface area contributed by atoms with Gasteiger partial charge in [-0.3, -0.25) is 4.79 Å². The first kappa shape index (κ1) is 18.5. The highest BCUT2D eigenvalue weighted by Gasteiger charge is 2.10. The first-order chi connectivity index (χ1) is 13.0. The Kier molecular flexibility index (Phi) is 5.77. The van der Waals surface area contributed by atoms with Crippen molar-refractivity contribution in [3.8, 4) is 10.6 Å². The number of rotatable bonds is 5. The summed E-state index contributed by atoms with van der Waals surface area (Å²) in [5.41, 5.74) is 2.42. The second kappa shape index (κ2) is 8.41. The summed E-state index contributed by atoms with van der Waals surface area (Å²) >= 11 is 1.36. The van der Waals surface area contributed by atoms with Gasteiger partial charge in [0.25, 0.3) is 0 Å². The summed E-state index contributed by atoms with van der Waals surface area (Å²) in [6, 6.07) is 12.7. The van der Waals surface area contributed by atoms with Crippen LogP contribution in [0.3, 0.4) is 0 Å². The lowest BCUT2D eigenvalue weighted by Crippen LogP contribution is -2.24. The lowest BCUT2D eigenvalue weighted by Gasteiger charge is -2.08. The van der Waals surface area contributed by atoms with Crippen LogP contribution in [0.4, 0.5) is 20.6 Å². The summed E-state index contributed by atoms with van der Waals surface area (Å²) in [6.07, 6.45) is 0.0961. The molecule has 0 spiro atoms. The van der Waals surface area contributed by atoms with E-state index in [0.29, 0.717) is 27.6 Å². The van der Waals surface area contributed by atoms with Crippen LogP contribution in [0.15, 0.2) is 53.9 Å². The Morgan fingerprint density at radius 2 is 1.81 bits per heavy atom. The molecule has 3 amide bonds. The van der Waals surface area contributed by atoms with E-state index in [9.17, 15) is 14.0 Å². The molecule has 0 saturated carbocycles. The van der Waals surface area contributed by atoms with Gasteiger partial charge in [0.2, 0.25) is 5.91 Å². The molecule has 0 unspecified atom stereocenters. The van der Waals surface area contributed by atoms with Crippen molar-refractivity contribution in [1.29, 1.82) is 0 Å². The molecule has 6 nitrogen and oxygen atoms in total. The maximum Gasteiger partial charge on any atom is 0.318 e. The number of nitrogens with zero attached hydrogens (tertiary/aromatic N) is 1. The van der Waals surface area contributed by atoms with Crippen molar-refractivity contribution in [2.45, 2.75) is 6.42 Å². The lowest BCUT2D eigenvalue weighted by molar-refractivity contribution is -0.115. The molecule has 3 rings (SSSR count). The van der Waals surface area contributed by atoms with Crippen LogP contribution in [0, 0.1) is 5.82 Å². The minimum Gasteiger partial charge on any atom is -0.341 e. The van der Waals surface area contributed by atoms with Gasteiger partial charge in [0.15, 0.2) is 0 Å². The Balaban J connectivity index is 1.63. The van der Waals surface area contributed by atoms with E-state index in [-0.39, 0.29) is 24.2 Å². The van der Waals surface area contributed by atoms with E-state index in [1.807, 2.05) is 0 Å². The second-order valence-electron chi connectivity index (χ2n) is 5.66. The van der Waals surface area contributed by atoms with Crippen molar-refractivity contribution in [2.75, 3.05) is 17.7 Å². The summed E-state index contributed by atoms with van der Waals surface area (Å²) in [6.45, 7) is 0. The van der Waals surface area contributed by atoms with Crippen LogP contribution >= 0.6 is 11.3 Å². The zero-order chi connectivity index (χ0) is 19.2. The van der Waals surface area contributed by atoms with Gasteiger partial charge in [-0.05, 0) is 30.3 Å². The van der Waals surface area contributed by atoms with Crippen LogP contribution in [0.1, 0.15) is 5.69 Å². The molecule has 0 aliphatic rings. The van der Waals surface area contributed by atoms with E-state index in [2.05, 4.69) is 20.9 Å². The van der Waals surface area contributed by atoms with Gasteiger partial charge >= 0.3 is 6.03 Å². The highest BCUT2D eigenvalue weighted by molar-refractivity contribution is 7.13. The number of halogens is 1. The minimum absolute atomic E-state index is 0.0961. The summed E-state index contributed by atoms with van der Waals surface area (Å²) in [5.74, 6) is -0.560. The Morgan fingerprint density at radius 3 is 2.56 bits per heavy atom. The second-order valence-corrected chi connectivity index (χ2v) is 6.52. The Morgan fingerprint density at radius 1 is 1.07 bits per heavy atom. The summed E-state index contributed by atoms with van der Waals surface area (Å²) in [7, 11) is 1.52. The predicted molar refractivity (Wildman–Crippen MR) is 104 cm³/mol. The number of aromatic nitrogens is 1. The van der Waals surface area contributed by atoms with Crippen molar-refractivity contribution in [1.82, 2.24) is 10.3 Å². The quantitative estimate of drug-likeness (QED) is 0.624. The standard InChI is InChI=1S/C19H17FN4O2S/c1-21-19(26)24-15-7-3-6-14(9-15)22-17(25)10-16-11-27-18(23-16)12-4-2-5-13(20)8-12/h2-9,11H,10H2,1H3,(H,22,25)(H2,21,24,26). The van der Waals surface area contributed by atoms with E-state index in [1.165, 1.54) is 30.5 Å². The lowest BCUT2D eigenvalue weighted by atomic mass is 10.2. The number of carbonyl (C=O) groups is 2.